The molecule has 100 valence electrons. The summed E-state index contributed by atoms with van der Waals surface area (Å²) in [4.78, 5) is 7.71. The summed E-state index contributed by atoms with van der Waals surface area (Å²) in [5, 5.41) is 0. The number of alkyl halides is 2. The normalized spacial score (nSPS) is 8.11. The fourth-order valence-corrected chi connectivity index (χ4v) is 1.29. The van der Waals surface area contributed by atoms with E-state index in [1.165, 1.54) is 0 Å². The molecule has 0 N–H and O–H groups in total. The highest BCUT2D eigenvalue weighted by Gasteiger charge is 1.83. The maximum Gasteiger partial charge on any atom is 0.0489 e. The molecule has 0 atom stereocenters. The molecule has 18 heavy (non-hydrogen) atoms. The summed E-state index contributed by atoms with van der Waals surface area (Å²) < 4.78 is 0. The number of hydrogen-bond donors (Lipinski definition) is 0. The lowest BCUT2D eigenvalue weighted by molar-refractivity contribution is 1.25. The van der Waals surface area contributed by atoms with Crippen molar-refractivity contribution < 1.29 is 0 Å². The van der Waals surface area contributed by atoms with Crippen LogP contribution in [0.4, 0.5) is 0 Å². The van der Waals surface area contributed by atoms with Crippen molar-refractivity contribution in [3.05, 3.63) is 60.2 Å². The monoisotopic (exact) mass is 326 g/mol. The van der Waals surface area contributed by atoms with E-state index in [0.29, 0.717) is 11.8 Å². The Morgan fingerprint density at radius 2 is 1.39 bits per heavy atom. The Balaban J connectivity index is 0. The van der Waals surface area contributed by atoms with Crippen molar-refractivity contribution in [2.45, 2.75) is 11.8 Å². The molecule has 6 heteroatoms. The zero-order valence-corrected chi connectivity index (χ0v) is 12.6. The van der Waals surface area contributed by atoms with Crippen LogP contribution in [0.15, 0.2) is 49.1 Å². The van der Waals surface area contributed by atoms with Gasteiger partial charge >= 0.3 is 0 Å². The molecule has 0 bridgehead atoms. The average Bonchev–Trinajstić information content (AvgIpc) is 2.41. The van der Waals surface area contributed by atoms with Crippen molar-refractivity contribution in [3.8, 4) is 0 Å². The molecule has 2 aromatic heterocycles. The van der Waals surface area contributed by atoms with Crippen LogP contribution in [-0.4, -0.2) is 9.97 Å². The lowest BCUT2D eigenvalue weighted by Crippen LogP contribution is -1.75. The largest absolute Gasteiger partial charge is 0.265 e. The van der Waals surface area contributed by atoms with Crippen LogP contribution >= 0.6 is 48.0 Å². The van der Waals surface area contributed by atoms with Gasteiger partial charge in [0.05, 0.1) is 0 Å². The lowest BCUT2D eigenvalue weighted by Gasteiger charge is -1.87. The van der Waals surface area contributed by atoms with E-state index in [4.69, 9.17) is 23.2 Å². The van der Waals surface area contributed by atoms with Crippen LogP contribution in [0, 0.1) is 0 Å². The van der Waals surface area contributed by atoms with Crippen molar-refractivity contribution in [1.29, 1.82) is 0 Å². The van der Waals surface area contributed by atoms with Gasteiger partial charge in [-0.05, 0) is 29.3 Å². The van der Waals surface area contributed by atoms with Crippen LogP contribution in [0.25, 0.3) is 0 Å². The van der Waals surface area contributed by atoms with E-state index in [1.807, 2.05) is 24.3 Å². The summed E-state index contributed by atoms with van der Waals surface area (Å²) in [6, 6.07) is 7.61. The predicted molar refractivity (Wildman–Crippen MR) is 82.1 cm³/mol. The smallest absolute Gasteiger partial charge is 0.0489 e. The SMILES string of the molecule is Cl.Cl.ClCc1cccnc1.ClCc1ccncc1. The van der Waals surface area contributed by atoms with Crippen LogP contribution in [0.2, 0.25) is 0 Å². The Bertz CT molecular complexity index is 344. The molecule has 0 radical (unpaired) electrons. The summed E-state index contributed by atoms with van der Waals surface area (Å²) in [6.07, 6.45) is 6.96. The molecular weight excluding hydrogens is 314 g/mol. The molecule has 0 spiro atoms. The van der Waals surface area contributed by atoms with Crippen molar-refractivity contribution in [1.82, 2.24) is 9.97 Å². The highest BCUT2D eigenvalue weighted by molar-refractivity contribution is 6.17. The van der Waals surface area contributed by atoms with Crippen LogP contribution in [0.1, 0.15) is 11.1 Å². The number of hydrogen-bond acceptors (Lipinski definition) is 2. The maximum atomic E-state index is 5.50. The Morgan fingerprint density at radius 1 is 0.778 bits per heavy atom. The highest BCUT2D eigenvalue weighted by atomic mass is 35.5. The van der Waals surface area contributed by atoms with Crippen LogP contribution in [-0.2, 0) is 11.8 Å². The van der Waals surface area contributed by atoms with Gasteiger partial charge in [0.1, 0.15) is 0 Å². The minimum atomic E-state index is 0. The second kappa shape index (κ2) is 12.9. The molecule has 0 fully saturated rings. The molecule has 0 aliphatic carbocycles. The Morgan fingerprint density at radius 3 is 1.72 bits per heavy atom. The van der Waals surface area contributed by atoms with Gasteiger partial charge in [-0.3, -0.25) is 9.97 Å². The Hall–Kier alpha value is -0.540. The average molecular weight is 328 g/mol. The summed E-state index contributed by atoms with van der Waals surface area (Å²) in [6.45, 7) is 0. The van der Waals surface area contributed by atoms with Gasteiger partial charge in [0.25, 0.3) is 0 Å². The fourth-order valence-electron chi connectivity index (χ4n) is 0.949. The molecule has 0 saturated heterocycles. The van der Waals surface area contributed by atoms with Crippen LogP contribution < -0.4 is 0 Å². The van der Waals surface area contributed by atoms with E-state index in [9.17, 15) is 0 Å². The fraction of sp³-hybridized carbons (Fsp3) is 0.167. The first-order chi connectivity index (χ1) is 7.86. The summed E-state index contributed by atoms with van der Waals surface area (Å²) in [7, 11) is 0. The van der Waals surface area contributed by atoms with Gasteiger partial charge in [0, 0.05) is 36.5 Å². The summed E-state index contributed by atoms with van der Waals surface area (Å²) in [5.41, 5.74) is 2.18. The van der Waals surface area contributed by atoms with Crippen LogP contribution in [0.3, 0.4) is 0 Å². The van der Waals surface area contributed by atoms with E-state index in [2.05, 4.69) is 9.97 Å². The van der Waals surface area contributed by atoms with Gasteiger partial charge in [-0.25, -0.2) is 0 Å². The number of nitrogens with zero attached hydrogens (tertiary/aromatic N) is 2. The van der Waals surface area contributed by atoms with E-state index in [1.54, 1.807) is 24.8 Å². The zero-order valence-electron chi connectivity index (χ0n) is 9.50. The van der Waals surface area contributed by atoms with Crippen LogP contribution in [0.5, 0.6) is 0 Å². The number of pyridine rings is 2. The topological polar surface area (TPSA) is 25.8 Å². The molecule has 0 amide bonds. The standard InChI is InChI=1S/2C6H6ClN.2ClH/c7-5-6-1-3-8-4-2-6;7-4-6-2-1-3-8-5-6;;/h1-4H,5H2;1-3,5H,4H2;2*1H. The van der Waals surface area contributed by atoms with E-state index < -0.39 is 0 Å². The van der Waals surface area contributed by atoms with E-state index in [0.717, 1.165) is 11.1 Å². The third-order valence-electron chi connectivity index (χ3n) is 1.78. The second-order valence-electron chi connectivity index (χ2n) is 2.98. The maximum absolute atomic E-state index is 5.50. The molecule has 2 heterocycles. The van der Waals surface area contributed by atoms with Gasteiger partial charge < -0.3 is 0 Å². The number of aromatic nitrogens is 2. The molecule has 0 unspecified atom stereocenters. The first-order valence-electron chi connectivity index (χ1n) is 4.76. The molecule has 0 aliphatic rings. The Labute approximate surface area is 130 Å². The van der Waals surface area contributed by atoms with Crippen molar-refractivity contribution >= 4 is 48.0 Å². The molecule has 2 nitrogen and oxygen atoms in total. The van der Waals surface area contributed by atoms with Gasteiger partial charge in [0.2, 0.25) is 0 Å². The van der Waals surface area contributed by atoms with Gasteiger partial charge in [-0.2, -0.15) is 0 Å². The predicted octanol–water partition coefficient (Wildman–Crippen LogP) is 4.48. The number of halogens is 4. The lowest BCUT2D eigenvalue weighted by atomic mass is 10.3. The minimum Gasteiger partial charge on any atom is -0.265 e. The Kier molecular flexibility index (Phi) is 14.2. The molecular formula is C12H14Cl4N2. The summed E-state index contributed by atoms with van der Waals surface area (Å²) in [5.74, 6) is 1.12. The second-order valence-corrected chi connectivity index (χ2v) is 3.52. The van der Waals surface area contributed by atoms with E-state index in [-0.39, 0.29) is 24.8 Å². The molecule has 0 saturated carbocycles. The van der Waals surface area contributed by atoms with Gasteiger partial charge in [0.15, 0.2) is 0 Å². The van der Waals surface area contributed by atoms with Crippen molar-refractivity contribution in [2.24, 2.45) is 0 Å². The van der Waals surface area contributed by atoms with Crippen molar-refractivity contribution in [3.63, 3.8) is 0 Å². The first kappa shape index (κ1) is 19.8. The molecule has 2 aromatic rings. The third kappa shape index (κ3) is 8.54. The molecule has 0 aliphatic heterocycles. The van der Waals surface area contributed by atoms with Crippen molar-refractivity contribution in [2.75, 3.05) is 0 Å². The first-order valence-corrected chi connectivity index (χ1v) is 5.83. The molecule has 0 aromatic carbocycles. The third-order valence-corrected chi connectivity index (χ3v) is 2.40. The highest BCUT2D eigenvalue weighted by Crippen LogP contribution is 1.99. The summed E-state index contributed by atoms with van der Waals surface area (Å²) >= 11 is 11.0. The molecule has 2 rings (SSSR count). The zero-order chi connectivity index (χ0) is 11.6. The number of rotatable bonds is 2. The van der Waals surface area contributed by atoms with E-state index >= 15 is 0 Å². The minimum absolute atomic E-state index is 0. The quantitative estimate of drug-likeness (QED) is 0.760. The van der Waals surface area contributed by atoms with Gasteiger partial charge in [-0.15, -0.1) is 48.0 Å². The van der Waals surface area contributed by atoms with Gasteiger partial charge in [-0.1, -0.05) is 6.07 Å².